The van der Waals surface area contributed by atoms with Crippen LogP contribution >= 0.6 is 11.6 Å². The average molecular weight is 411 g/mol. The van der Waals surface area contributed by atoms with Crippen molar-refractivity contribution in [3.8, 4) is 6.07 Å². The zero-order chi connectivity index (χ0) is 21.0. The topological polar surface area (TPSA) is 115 Å². The maximum atomic E-state index is 11.1. The standard InChI is InChI=1S/C20H19ClN6O2/c1-12(14-5-3-4-13(8-14)6-7-22)24-19-15-9-18(21)23-10-16(15)17(25-26-19)11-27(2)20(28)29/h3-5,8-10,12H,6,11H2,1-2H3,(H,24,26)(H,28,29)/t12-/m1/s1. The lowest BCUT2D eigenvalue weighted by atomic mass is 10.0. The molecule has 2 N–H and O–H groups in total. The molecule has 2 aromatic heterocycles. The van der Waals surface area contributed by atoms with Gasteiger partial charge >= 0.3 is 6.09 Å². The van der Waals surface area contributed by atoms with E-state index >= 15 is 0 Å². The Morgan fingerprint density at radius 3 is 2.86 bits per heavy atom. The summed E-state index contributed by atoms with van der Waals surface area (Å²) in [6.07, 6.45) is 0.854. The smallest absolute Gasteiger partial charge is 0.407 e. The fourth-order valence-electron chi connectivity index (χ4n) is 2.94. The molecule has 0 aliphatic rings. The van der Waals surface area contributed by atoms with Crippen molar-refractivity contribution in [3.63, 3.8) is 0 Å². The van der Waals surface area contributed by atoms with Crippen molar-refractivity contribution in [2.75, 3.05) is 12.4 Å². The van der Waals surface area contributed by atoms with Crippen LogP contribution in [0.5, 0.6) is 0 Å². The lowest BCUT2D eigenvalue weighted by molar-refractivity contribution is 0.153. The van der Waals surface area contributed by atoms with E-state index in [1.54, 1.807) is 12.3 Å². The molecule has 3 rings (SSSR count). The molecule has 148 valence electrons. The summed E-state index contributed by atoms with van der Waals surface area (Å²) in [6, 6.07) is 11.5. The highest BCUT2D eigenvalue weighted by Crippen LogP contribution is 2.28. The van der Waals surface area contributed by atoms with E-state index in [2.05, 4.69) is 26.6 Å². The molecule has 8 nitrogen and oxygen atoms in total. The van der Waals surface area contributed by atoms with E-state index in [4.69, 9.17) is 22.0 Å². The van der Waals surface area contributed by atoms with Crippen molar-refractivity contribution in [2.24, 2.45) is 0 Å². The minimum atomic E-state index is -1.06. The summed E-state index contributed by atoms with van der Waals surface area (Å²) in [6.45, 7) is 2.06. The number of aromatic nitrogens is 3. The summed E-state index contributed by atoms with van der Waals surface area (Å²) >= 11 is 6.09. The van der Waals surface area contributed by atoms with E-state index in [0.29, 0.717) is 33.9 Å². The van der Waals surface area contributed by atoms with Gasteiger partial charge in [0.25, 0.3) is 0 Å². The van der Waals surface area contributed by atoms with Crippen LogP contribution in [0, 0.1) is 11.3 Å². The molecule has 0 spiro atoms. The molecule has 0 saturated carbocycles. The van der Waals surface area contributed by atoms with Gasteiger partial charge in [0.1, 0.15) is 5.15 Å². The number of fused-ring (bicyclic) bond motifs is 1. The van der Waals surface area contributed by atoms with Crippen LogP contribution in [0.4, 0.5) is 10.6 Å². The first-order chi connectivity index (χ1) is 13.9. The second-order valence-electron chi connectivity index (χ2n) is 6.63. The van der Waals surface area contributed by atoms with Crippen LogP contribution < -0.4 is 5.32 Å². The number of pyridine rings is 1. The Bertz CT molecular complexity index is 1100. The van der Waals surface area contributed by atoms with E-state index < -0.39 is 6.09 Å². The van der Waals surface area contributed by atoms with Crippen molar-refractivity contribution in [1.82, 2.24) is 20.1 Å². The van der Waals surface area contributed by atoms with Crippen molar-refractivity contribution in [3.05, 3.63) is 58.5 Å². The monoisotopic (exact) mass is 410 g/mol. The van der Waals surface area contributed by atoms with Gasteiger partial charge in [-0.2, -0.15) is 10.4 Å². The molecule has 9 heteroatoms. The number of halogens is 1. The highest BCUT2D eigenvalue weighted by atomic mass is 35.5. The number of nitrogens with one attached hydrogen (secondary N) is 1. The van der Waals surface area contributed by atoms with Crippen LogP contribution in [0.2, 0.25) is 5.15 Å². The van der Waals surface area contributed by atoms with E-state index in [1.807, 2.05) is 31.2 Å². The zero-order valence-corrected chi connectivity index (χ0v) is 16.7. The van der Waals surface area contributed by atoms with Gasteiger partial charge in [0.2, 0.25) is 0 Å². The molecule has 2 heterocycles. The van der Waals surface area contributed by atoms with Gasteiger partial charge in [0.05, 0.1) is 30.8 Å². The van der Waals surface area contributed by atoms with Crippen LogP contribution in [0.1, 0.15) is 29.8 Å². The fraction of sp³-hybridized carbons (Fsp3) is 0.250. The summed E-state index contributed by atoms with van der Waals surface area (Å²) in [4.78, 5) is 16.4. The van der Waals surface area contributed by atoms with E-state index in [0.717, 1.165) is 16.0 Å². The molecule has 0 aliphatic heterocycles. The van der Waals surface area contributed by atoms with Gasteiger partial charge < -0.3 is 15.3 Å². The van der Waals surface area contributed by atoms with E-state index in [1.165, 1.54) is 7.05 Å². The van der Waals surface area contributed by atoms with Crippen molar-refractivity contribution >= 4 is 34.3 Å². The Kier molecular flexibility index (Phi) is 6.10. The van der Waals surface area contributed by atoms with E-state index in [9.17, 15) is 4.79 Å². The summed E-state index contributed by atoms with van der Waals surface area (Å²) < 4.78 is 0. The first-order valence-electron chi connectivity index (χ1n) is 8.86. The molecule has 3 aromatic rings. The minimum absolute atomic E-state index is 0.0776. The second kappa shape index (κ2) is 8.71. The summed E-state index contributed by atoms with van der Waals surface area (Å²) in [5.41, 5.74) is 2.43. The molecule has 29 heavy (non-hydrogen) atoms. The third-order valence-electron chi connectivity index (χ3n) is 4.51. The number of amides is 1. The molecule has 0 radical (unpaired) electrons. The van der Waals surface area contributed by atoms with Gasteiger partial charge in [-0.15, -0.1) is 5.10 Å². The molecule has 1 amide bonds. The minimum Gasteiger partial charge on any atom is -0.465 e. The summed E-state index contributed by atoms with van der Waals surface area (Å²) in [5, 5.41) is 31.5. The first-order valence-corrected chi connectivity index (χ1v) is 9.24. The molecule has 0 unspecified atom stereocenters. The van der Waals surface area contributed by atoms with Crippen LogP contribution in [-0.2, 0) is 13.0 Å². The largest absolute Gasteiger partial charge is 0.465 e. The molecular formula is C20H19ClN6O2. The number of hydrogen-bond donors (Lipinski definition) is 2. The number of anilines is 1. The highest BCUT2D eigenvalue weighted by Gasteiger charge is 2.16. The van der Waals surface area contributed by atoms with E-state index in [-0.39, 0.29) is 12.6 Å². The van der Waals surface area contributed by atoms with Gasteiger partial charge in [0, 0.05) is 24.0 Å². The molecule has 0 fully saturated rings. The summed E-state index contributed by atoms with van der Waals surface area (Å²) in [5.74, 6) is 0.518. The molecule has 1 aromatic carbocycles. The van der Waals surface area contributed by atoms with Crippen LogP contribution in [0.15, 0.2) is 36.5 Å². The Morgan fingerprint density at radius 2 is 2.14 bits per heavy atom. The molecule has 1 atom stereocenters. The van der Waals surface area contributed by atoms with Gasteiger partial charge in [-0.3, -0.25) is 0 Å². The van der Waals surface area contributed by atoms with Gasteiger partial charge in [-0.05, 0) is 24.1 Å². The number of nitrogens with zero attached hydrogens (tertiary/aromatic N) is 5. The maximum absolute atomic E-state index is 11.1. The average Bonchev–Trinajstić information content (AvgIpc) is 2.70. The lowest BCUT2D eigenvalue weighted by Gasteiger charge is -2.18. The summed E-state index contributed by atoms with van der Waals surface area (Å²) in [7, 11) is 1.46. The van der Waals surface area contributed by atoms with Crippen molar-refractivity contribution in [1.29, 1.82) is 5.26 Å². The first kappa shape index (κ1) is 20.3. The van der Waals surface area contributed by atoms with Crippen LogP contribution in [0.3, 0.4) is 0 Å². The van der Waals surface area contributed by atoms with Gasteiger partial charge in [-0.1, -0.05) is 35.9 Å². The third-order valence-corrected chi connectivity index (χ3v) is 4.71. The van der Waals surface area contributed by atoms with Crippen molar-refractivity contribution < 1.29 is 9.90 Å². The predicted octanol–water partition coefficient (Wildman–Crippen LogP) is 4.03. The zero-order valence-electron chi connectivity index (χ0n) is 15.9. The highest BCUT2D eigenvalue weighted by molar-refractivity contribution is 6.30. The molecule has 0 bridgehead atoms. The normalized spacial score (nSPS) is 11.7. The molecule has 0 aliphatic carbocycles. The number of hydrogen-bond acceptors (Lipinski definition) is 6. The lowest BCUT2D eigenvalue weighted by Crippen LogP contribution is -2.25. The predicted molar refractivity (Wildman–Crippen MR) is 110 cm³/mol. The number of carboxylic acid groups (broad SMARTS) is 1. The van der Waals surface area contributed by atoms with Crippen molar-refractivity contribution in [2.45, 2.75) is 25.9 Å². The third kappa shape index (κ3) is 4.70. The maximum Gasteiger partial charge on any atom is 0.407 e. The Balaban J connectivity index is 1.95. The van der Waals surface area contributed by atoms with Gasteiger partial charge in [0.15, 0.2) is 5.82 Å². The SMILES string of the molecule is C[C@@H](Nc1nnc(CN(C)C(=O)O)c2cnc(Cl)cc12)c1cccc(CC#N)c1. The van der Waals surface area contributed by atoms with Gasteiger partial charge in [-0.25, -0.2) is 9.78 Å². The molecular weight excluding hydrogens is 392 g/mol. The number of rotatable bonds is 6. The number of carbonyl (C=O) groups is 1. The molecule has 0 saturated heterocycles. The Hall–Kier alpha value is -3.44. The van der Waals surface area contributed by atoms with Crippen LogP contribution in [-0.4, -0.2) is 38.3 Å². The fourth-order valence-corrected chi connectivity index (χ4v) is 3.10. The second-order valence-corrected chi connectivity index (χ2v) is 7.02. The number of benzene rings is 1. The number of nitriles is 1. The van der Waals surface area contributed by atoms with Crippen LogP contribution in [0.25, 0.3) is 10.8 Å². The Labute approximate surface area is 172 Å². The Morgan fingerprint density at radius 1 is 1.34 bits per heavy atom. The quantitative estimate of drug-likeness (QED) is 0.589.